The van der Waals surface area contributed by atoms with Gasteiger partial charge in [0.2, 0.25) is 15.9 Å². The number of carbonyl (C=O) groups is 3. The molecule has 7 N–H and O–H groups in total. The second kappa shape index (κ2) is 21.3. The highest BCUT2D eigenvalue weighted by molar-refractivity contribution is 7.92. The minimum atomic E-state index is -3.59. The van der Waals surface area contributed by atoms with E-state index in [1.807, 2.05) is 105 Å². The molecule has 0 aromatic heterocycles. The summed E-state index contributed by atoms with van der Waals surface area (Å²) in [4.78, 5) is 32.0. The topological polar surface area (TPSA) is 212 Å². The Morgan fingerprint density at radius 1 is 0.746 bits per heavy atom. The van der Waals surface area contributed by atoms with Crippen LogP contribution in [0.15, 0.2) is 133 Å². The summed E-state index contributed by atoms with van der Waals surface area (Å²) in [5.74, 6) is -2.01. The molecule has 310 valence electrons. The van der Waals surface area contributed by atoms with Crippen molar-refractivity contribution >= 4 is 33.6 Å². The predicted octanol–water partition coefficient (Wildman–Crippen LogP) is 6.22. The van der Waals surface area contributed by atoms with E-state index < -0.39 is 33.6 Å². The molecule has 5 aromatic carbocycles. The summed E-state index contributed by atoms with van der Waals surface area (Å²) < 4.78 is 32.6. The van der Waals surface area contributed by atoms with Crippen molar-refractivity contribution in [3.05, 3.63) is 161 Å². The molecule has 0 spiro atoms. The van der Waals surface area contributed by atoms with E-state index in [9.17, 15) is 33.0 Å². The lowest BCUT2D eigenvalue weighted by atomic mass is 9.93. The van der Waals surface area contributed by atoms with E-state index >= 15 is 0 Å². The van der Waals surface area contributed by atoms with Gasteiger partial charge in [0.1, 0.15) is 18.1 Å². The number of nitrogens with one attached hydrogen (secondary N) is 3. The summed E-state index contributed by atoms with van der Waals surface area (Å²) in [7, 11) is -3.59. The van der Waals surface area contributed by atoms with Crippen LogP contribution in [0.25, 0.3) is 11.1 Å². The van der Waals surface area contributed by atoms with Crippen LogP contribution in [0.5, 0.6) is 11.5 Å². The third-order valence-electron chi connectivity index (χ3n) is 8.68. The van der Waals surface area contributed by atoms with Crippen molar-refractivity contribution in [1.82, 2.24) is 10.6 Å². The van der Waals surface area contributed by atoms with Crippen LogP contribution in [0.2, 0.25) is 0 Å². The van der Waals surface area contributed by atoms with Crippen molar-refractivity contribution in [2.45, 2.75) is 51.5 Å². The molecule has 0 aliphatic heterocycles. The number of rotatable bonds is 18. The Kier molecular flexibility index (Phi) is 16.3. The fourth-order valence-electron chi connectivity index (χ4n) is 5.91. The molecule has 0 unspecified atom stereocenters. The molecule has 1 amide bonds. The molecule has 0 aliphatic carbocycles. The normalized spacial score (nSPS) is 11.9. The first-order valence-corrected chi connectivity index (χ1v) is 20.4. The SMILES string of the molecule is CC(C)(Cc1cccc(CC(=O)NCc2cccc(-c3ccc(O)cc3)c2)c1)NC[C@H](O)c1ccc(OCc2ccccc2)c(NS(C)(=O)=O)c1.O=C(O)/C=C/C(=O)O. The number of β-amino-alcohol motifs (C(OH)–C–C–N with tert-alkyl or cyclic N) is 1. The minimum Gasteiger partial charge on any atom is -0.508 e. The molecule has 0 radical (unpaired) electrons. The van der Waals surface area contributed by atoms with E-state index in [0.717, 1.165) is 39.6 Å². The van der Waals surface area contributed by atoms with Gasteiger partial charge in [-0.1, -0.05) is 91.0 Å². The summed E-state index contributed by atoms with van der Waals surface area (Å²) in [5.41, 5.74) is 6.26. The lowest BCUT2D eigenvalue weighted by Crippen LogP contribution is -2.43. The third-order valence-corrected chi connectivity index (χ3v) is 9.27. The number of hydrogen-bond acceptors (Lipinski definition) is 9. The Bertz CT molecular complexity index is 2310. The third kappa shape index (κ3) is 16.5. The Hall–Kier alpha value is -6.48. The van der Waals surface area contributed by atoms with Crippen molar-refractivity contribution in [3.63, 3.8) is 0 Å². The summed E-state index contributed by atoms with van der Waals surface area (Å²) in [6.07, 6.45) is 2.16. The first-order chi connectivity index (χ1) is 27.9. The van der Waals surface area contributed by atoms with Gasteiger partial charge in [0.25, 0.3) is 0 Å². The van der Waals surface area contributed by atoms with E-state index in [2.05, 4.69) is 15.4 Å². The molecule has 59 heavy (non-hydrogen) atoms. The highest BCUT2D eigenvalue weighted by Gasteiger charge is 2.21. The van der Waals surface area contributed by atoms with E-state index in [0.29, 0.717) is 36.4 Å². The maximum atomic E-state index is 12.9. The van der Waals surface area contributed by atoms with Gasteiger partial charge >= 0.3 is 11.9 Å². The number of phenols is 1. The maximum Gasteiger partial charge on any atom is 0.328 e. The first kappa shape index (κ1) is 45.2. The molecule has 0 heterocycles. The van der Waals surface area contributed by atoms with Crippen molar-refractivity contribution in [2.75, 3.05) is 17.5 Å². The Morgan fingerprint density at radius 3 is 2.03 bits per heavy atom. The Labute approximate surface area is 344 Å². The number of aliphatic carboxylic acids is 2. The zero-order valence-corrected chi connectivity index (χ0v) is 33.8. The number of aliphatic hydroxyl groups excluding tert-OH is 1. The molecule has 0 fully saturated rings. The number of carbonyl (C=O) groups excluding carboxylic acids is 1. The highest BCUT2D eigenvalue weighted by Crippen LogP contribution is 2.30. The lowest BCUT2D eigenvalue weighted by Gasteiger charge is -2.28. The smallest absolute Gasteiger partial charge is 0.328 e. The van der Waals surface area contributed by atoms with Gasteiger partial charge in [0.05, 0.1) is 24.5 Å². The molecule has 5 rings (SSSR count). The van der Waals surface area contributed by atoms with Crippen LogP contribution >= 0.6 is 0 Å². The van der Waals surface area contributed by atoms with Gasteiger partial charge in [-0.3, -0.25) is 9.52 Å². The van der Waals surface area contributed by atoms with Gasteiger partial charge < -0.3 is 35.8 Å². The van der Waals surface area contributed by atoms with Crippen LogP contribution in [0.3, 0.4) is 0 Å². The molecule has 14 heteroatoms. The fraction of sp³-hybridized carbons (Fsp3) is 0.222. The highest BCUT2D eigenvalue weighted by atomic mass is 32.2. The van der Waals surface area contributed by atoms with E-state index in [-0.39, 0.29) is 36.9 Å². The summed E-state index contributed by atoms with van der Waals surface area (Å²) in [5, 5.41) is 42.8. The molecular weight excluding hydrogens is 775 g/mol. The largest absolute Gasteiger partial charge is 0.508 e. The van der Waals surface area contributed by atoms with Crippen LogP contribution in [0.4, 0.5) is 5.69 Å². The second-order valence-electron chi connectivity index (χ2n) is 14.4. The number of ether oxygens (including phenoxy) is 1. The van der Waals surface area contributed by atoms with Crippen molar-refractivity contribution in [2.24, 2.45) is 0 Å². The standard InChI is InChI=1S/C41H45N3O6S.C4H4O4/c1-41(2,43-27-38(46)35-17-20-39(37(24-35)44-51(3,48)49)50-28-29-9-5-4-6-10-29)25-31-12-7-11-30(21-31)23-40(47)42-26-32-13-8-14-34(22-32)33-15-18-36(45)19-16-33;5-3(6)1-2-4(7)8/h4-22,24,38,43-46H,23,25-28H2,1-3H3,(H,42,47);1-2H,(H,5,6)(H,7,8)/b;2-1+/t38-;/m0./s1. The number of amides is 1. The van der Waals surface area contributed by atoms with E-state index in [4.69, 9.17) is 14.9 Å². The van der Waals surface area contributed by atoms with Crippen molar-refractivity contribution in [3.8, 4) is 22.6 Å². The number of anilines is 1. The number of benzene rings is 5. The van der Waals surface area contributed by atoms with Crippen LogP contribution in [-0.4, -0.2) is 65.0 Å². The number of hydrogen-bond donors (Lipinski definition) is 7. The number of phenolic OH excluding ortho intramolecular Hbond substituents is 1. The fourth-order valence-corrected chi connectivity index (χ4v) is 6.47. The minimum absolute atomic E-state index is 0.0797. The van der Waals surface area contributed by atoms with E-state index in [1.54, 1.807) is 30.3 Å². The number of aromatic hydroxyl groups is 1. The van der Waals surface area contributed by atoms with Crippen LogP contribution in [0.1, 0.15) is 47.8 Å². The molecule has 1 atom stereocenters. The summed E-state index contributed by atoms with van der Waals surface area (Å²) in [6, 6.07) is 37.5. The average molecular weight is 824 g/mol. The summed E-state index contributed by atoms with van der Waals surface area (Å²) in [6.45, 7) is 4.98. The predicted molar refractivity (Wildman–Crippen MR) is 226 cm³/mol. The molecular formula is C45H49N3O10S. The second-order valence-corrected chi connectivity index (χ2v) is 16.1. The summed E-state index contributed by atoms with van der Waals surface area (Å²) >= 11 is 0. The first-order valence-electron chi connectivity index (χ1n) is 18.5. The monoisotopic (exact) mass is 823 g/mol. The van der Waals surface area contributed by atoms with Crippen LogP contribution in [-0.2, 0) is 50.4 Å². The van der Waals surface area contributed by atoms with Crippen LogP contribution in [0, 0.1) is 0 Å². The number of sulfonamides is 1. The molecule has 0 saturated heterocycles. The average Bonchev–Trinajstić information content (AvgIpc) is 3.18. The Balaban J connectivity index is 0.000000870. The molecule has 0 aliphatic rings. The molecule has 0 bridgehead atoms. The lowest BCUT2D eigenvalue weighted by molar-refractivity contribution is -0.134. The van der Waals surface area contributed by atoms with Crippen molar-refractivity contribution in [1.29, 1.82) is 0 Å². The van der Waals surface area contributed by atoms with Gasteiger partial charge in [-0.25, -0.2) is 18.0 Å². The van der Waals surface area contributed by atoms with E-state index in [1.165, 1.54) is 0 Å². The van der Waals surface area contributed by atoms with Gasteiger partial charge in [-0.2, -0.15) is 0 Å². The number of aliphatic hydroxyl groups is 1. The van der Waals surface area contributed by atoms with Gasteiger partial charge in [0.15, 0.2) is 0 Å². The maximum absolute atomic E-state index is 12.9. The molecule has 0 saturated carbocycles. The quantitative estimate of drug-likeness (QED) is 0.0493. The van der Waals surface area contributed by atoms with Crippen molar-refractivity contribution < 1.29 is 48.0 Å². The molecule has 5 aromatic rings. The molecule has 13 nitrogen and oxygen atoms in total. The van der Waals surface area contributed by atoms with Gasteiger partial charge in [-0.05, 0) is 89.5 Å². The zero-order valence-electron chi connectivity index (χ0n) is 33.0. The number of carboxylic acids is 2. The van der Waals surface area contributed by atoms with Crippen LogP contribution < -0.4 is 20.1 Å². The Morgan fingerprint density at radius 2 is 1.37 bits per heavy atom. The zero-order chi connectivity index (χ0) is 43.0. The number of carboxylic acid groups (broad SMARTS) is 2. The van der Waals surface area contributed by atoms with Gasteiger partial charge in [-0.15, -0.1) is 0 Å². The van der Waals surface area contributed by atoms with Gasteiger partial charge in [0, 0.05) is 30.8 Å².